The summed E-state index contributed by atoms with van der Waals surface area (Å²) in [4.78, 5) is 43.0. The number of hydrogen-bond acceptors (Lipinski definition) is 10. The van der Waals surface area contributed by atoms with Crippen molar-refractivity contribution >= 4 is 45.5 Å². The van der Waals surface area contributed by atoms with E-state index in [-0.39, 0.29) is 48.2 Å². The van der Waals surface area contributed by atoms with E-state index in [0.717, 1.165) is 21.3 Å². The third kappa shape index (κ3) is 4.50. The number of anilines is 2. The first-order chi connectivity index (χ1) is 19.4. The lowest BCUT2D eigenvalue weighted by Gasteiger charge is -2.39. The van der Waals surface area contributed by atoms with Crippen LogP contribution in [0.5, 0.6) is 0 Å². The molecular formula is C27H27F3N6O3S2. The monoisotopic (exact) mass is 604 g/mol. The summed E-state index contributed by atoms with van der Waals surface area (Å²) < 4.78 is 42.9. The Labute approximate surface area is 241 Å². The van der Waals surface area contributed by atoms with Crippen molar-refractivity contribution in [2.75, 3.05) is 11.9 Å². The van der Waals surface area contributed by atoms with E-state index < -0.39 is 24.2 Å². The number of nitrogens with one attached hydrogen (secondary N) is 1. The van der Waals surface area contributed by atoms with Gasteiger partial charge in [-0.3, -0.25) is 9.59 Å². The van der Waals surface area contributed by atoms with Gasteiger partial charge >= 0.3 is 12.1 Å². The average molecular weight is 605 g/mol. The van der Waals surface area contributed by atoms with Crippen LogP contribution < -0.4 is 11.1 Å². The lowest BCUT2D eigenvalue weighted by atomic mass is 9.84. The van der Waals surface area contributed by atoms with Gasteiger partial charge in [-0.05, 0) is 63.0 Å². The molecule has 14 heteroatoms. The Morgan fingerprint density at radius 1 is 1.22 bits per heavy atom. The number of rotatable bonds is 6. The maximum absolute atomic E-state index is 13.7. The maximum Gasteiger partial charge on any atom is 0.422 e. The SMILES string of the molecule is Cc1nc(C)c(-c2csc(Nc3ccc(C(=O)N4[C@H]5CC(N)C6[C@H](C7CC7(C(=O)OCC(F)(F)F)C5)[C@H]64)cn3)n2)s1. The van der Waals surface area contributed by atoms with Crippen LogP contribution in [0.3, 0.4) is 0 Å². The lowest BCUT2D eigenvalue weighted by Crippen LogP contribution is -2.52. The summed E-state index contributed by atoms with van der Waals surface area (Å²) in [5.74, 6) is -0.532. The molecule has 4 unspecified atom stereocenters. The molecule has 41 heavy (non-hydrogen) atoms. The third-order valence-corrected chi connectivity index (χ3v) is 10.8. The number of esters is 1. The lowest BCUT2D eigenvalue weighted by molar-refractivity contribution is -0.191. The second kappa shape index (κ2) is 9.20. The van der Waals surface area contributed by atoms with Gasteiger partial charge in [-0.25, -0.2) is 15.0 Å². The molecule has 3 N–H and O–H groups in total. The van der Waals surface area contributed by atoms with E-state index >= 15 is 0 Å². The van der Waals surface area contributed by atoms with E-state index in [1.807, 2.05) is 24.1 Å². The molecule has 3 aromatic rings. The number of carbonyl (C=O) groups is 2. The van der Waals surface area contributed by atoms with Gasteiger partial charge in [0.15, 0.2) is 11.7 Å². The second-order valence-corrected chi connectivity index (χ2v) is 13.6. The summed E-state index contributed by atoms with van der Waals surface area (Å²) >= 11 is 3.04. The fourth-order valence-electron chi connectivity index (χ4n) is 7.23. The quantitative estimate of drug-likeness (QED) is 0.389. The third-order valence-electron chi connectivity index (χ3n) is 8.94. The van der Waals surface area contributed by atoms with Gasteiger partial charge in [-0.15, -0.1) is 22.7 Å². The highest BCUT2D eigenvalue weighted by molar-refractivity contribution is 7.16. The highest BCUT2D eigenvalue weighted by atomic mass is 32.1. The average Bonchev–Trinajstić information content (AvgIpc) is 3.71. The zero-order chi connectivity index (χ0) is 28.8. The topological polar surface area (TPSA) is 123 Å². The maximum atomic E-state index is 13.7. The van der Waals surface area contributed by atoms with Crippen LogP contribution in [0.1, 0.15) is 40.3 Å². The number of amides is 1. The van der Waals surface area contributed by atoms with Crippen molar-refractivity contribution in [2.45, 2.75) is 57.4 Å². The van der Waals surface area contributed by atoms with Crippen LogP contribution in [0.15, 0.2) is 23.7 Å². The van der Waals surface area contributed by atoms with Gasteiger partial charge in [-0.1, -0.05) is 0 Å². The molecule has 216 valence electrons. The molecule has 1 amide bonds. The van der Waals surface area contributed by atoms with Crippen molar-refractivity contribution in [3.63, 3.8) is 0 Å². The first-order valence-corrected chi connectivity index (χ1v) is 15.1. The van der Waals surface area contributed by atoms with Gasteiger partial charge in [0.25, 0.3) is 5.91 Å². The number of alkyl halides is 3. The minimum atomic E-state index is -4.58. The molecule has 2 saturated heterocycles. The Morgan fingerprint density at radius 3 is 2.71 bits per heavy atom. The predicted octanol–water partition coefficient (Wildman–Crippen LogP) is 4.69. The molecule has 9 nitrogen and oxygen atoms in total. The van der Waals surface area contributed by atoms with Crippen LogP contribution >= 0.6 is 22.7 Å². The highest BCUT2D eigenvalue weighted by Gasteiger charge is 2.78. The molecular weight excluding hydrogens is 577 g/mol. The Kier molecular flexibility index (Phi) is 6.01. The number of aryl methyl sites for hydroxylation is 2. The van der Waals surface area contributed by atoms with Crippen LogP contribution in [0.2, 0.25) is 0 Å². The van der Waals surface area contributed by atoms with Crippen molar-refractivity contribution in [3.8, 4) is 10.6 Å². The van der Waals surface area contributed by atoms with Gasteiger partial charge in [0, 0.05) is 29.7 Å². The van der Waals surface area contributed by atoms with Crippen molar-refractivity contribution in [2.24, 2.45) is 28.9 Å². The summed E-state index contributed by atoms with van der Waals surface area (Å²) in [6, 6.07) is 2.85. The smallest absolute Gasteiger partial charge is 0.422 e. The number of carbonyl (C=O) groups excluding carboxylic acids is 2. The van der Waals surface area contributed by atoms with Gasteiger partial charge in [0.05, 0.1) is 32.3 Å². The molecule has 7 rings (SSSR count). The van der Waals surface area contributed by atoms with Gasteiger partial charge in [0.2, 0.25) is 0 Å². The standard InChI is InChI=1S/C27H27F3N6O3S2/c1-11-22(41-12(2)33-11)17-9-40-25(34-17)35-18-4-3-13(8-32-18)23(37)36-14-5-16(31)20-19(21(20)36)15-7-26(15,6-14)24(38)39-10-27(28,29)30/h3-4,8-9,14-16,19-21H,5-7,10,31H2,1-2H3,(H,32,34,35)/t14-,15?,16?,19-,20?,21+,26?/m0/s1. The summed E-state index contributed by atoms with van der Waals surface area (Å²) in [6.45, 7) is 2.32. The number of thiazole rings is 2. The van der Waals surface area contributed by atoms with Crippen LogP contribution in [-0.2, 0) is 9.53 Å². The van der Waals surface area contributed by atoms with Gasteiger partial charge < -0.3 is 20.7 Å². The Bertz CT molecular complexity index is 1540. The van der Waals surface area contributed by atoms with E-state index in [0.29, 0.717) is 29.4 Å². The van der Waals surface area contributed by atoms with Gasteiger partial charge in [0.1, 0.15) is 5.82 Å². The molecule has 7 atom stereocenters. The zero-order valence-corrected chi connectivity index (χ0v) is 23.8. The molecule has 0 radical (unpaired) electrons. The summed E-state index contributed by atoms with van der Waals surface area (Å²) in [5.41, 5.74) is 7.66. The normalized spacial score (nSPS) is 31.2. The molecule has 2 saturated carbocycles. The number of fused-ring (bicyclic) bond motifs is 4. The van der Waals surface area contributed by atoms with Crippen molar-refractivity contribution < 1.29 is 27.5 Å². The fourth-order valence-corrected chi connectivity index (χ4v) is 8.89. The molecule has 4 fully saturated rings. The van der Waals surface area contributed by atoms with Crippen LogP contribution in [0.4, 0.5) is 24.1 Å². The van der Waals surface area contributed by atoms with Crippen molar-refractivity contribution in [1.82, 2.24) is 19.9 Å². The van der Waals surface area contributed by atoms with Crippen LogP contribution in [-0.4, -0.2) is 62.6 Å². The van der Waals surface area contributed by atoms with Crippen LogP contribution in [0.25, 0.3) is 10.6 Å². The largest absolute Gasteiger partial charge is 0.456 e. The van der Waals surface area contributed by atoms with E-state index in [9.17, 15) is 22.8 Å². The minimum Gasteiger partial charge on any atom is -0.456 e. The number of pyridine rings is 1. The molecule has 0 spiro atoms. The predicted molar refractivity (Wildman–Crippen MR) is 146 cm³/mol. The number of ether oxygens (including phenoxy) is 1. The van der Waals surface area contributed by atoms with E-state index in [1.54, 1.807) is 23.5 Å². The molecule has 2 aliphatic heterocycles. The number of hydrogen-bond donors (Lipinski definition) is 2. The number of nitrogens with two attached hydrogens (primary N) is 1. The Morgan fingerprint density at radius 2 is 2.02 bits per heavy atom. The van der Waals surface area contributed by atoms with E-state index in [2.05, 4.69) is 20.3 Å². The van der Waals surface area contributed by atoms with Crippen molar-refractivity contribution in [3.05, 3.63) is 40.0 Å². The first-order valence-electron chi connectivity index (χ1n) is 13.4. The van der Waals surface area contributed by atoms with E-state index in [4.69, 9.17) is 10.5 Å². The minimum absolute atomic E-state index is 0.00106. The zero-order valence-electron chi connectivity index (χ0n) is 22.1. The van der Waals surface area contributed by atoms with Crippen molar-refractivity contribution in [1.29, 1.82) is 0 Å². The molecule has 2 bridgehead atoms. The number of aromatic nitrogens is 3. The number of piperidine rings is 1. The van der Waals surface area contributed by atoms with E-state index in [1.165, 1.54) is 17.5 Å². The molecule has 5 heterocycles. The molecule has 3 aromatic heterocycles. The number of nitrogens with zero attached hydrogens (tertiary/aromatic N) is 4. The molecule has 2 aliphatic carbocycles. The Balaban J connectivity index is 1.06. The summed E-state index contributed by atoms with van der Waals surface area (Å²) in [6.07, 6.45) is -1.80. The second-order valence-electron chi connectivity index (χ2n) is 11.5. The first kappa shape index (κ1) is 26.8. The fraction of sp³-hybridized carbons (Fsp3) is 0.519. The Hall–Kier alpha value is -3.10. The number of halogens is 3. The van der Waals surface area contributed by atoms with Gasteiger partial charge in [-0.2, -0.15) is 13.2 Å². The van der Waals surface area contributed by atoms with Crippen LogP contribution in [0, 0.1) is 37.0 Å². The highest BCUT2D eigenvalue weighted by Crippen LogP contribution is 2.73. The molecule has 4 aliphatic rings. The summed E-state index contributed by atoms with van der Waals surface area (Å²) in [7, 11) is 0. The summed E-state index contributed by atoms with van der Waals surface area (Å²) in [5, 5.41) is 6.79. The molecule has 0 aromatic carbocycles.